The second-order valence-corrected chi connectivity index (χ2v) is 2.58. The number of aliphatic hydroxyl groups is 2. The van der Waals surface area contributed by atoms with Gasteiger partial charge in [-0.2, -0.15) is 0 Å². The highest BCUT2D eigenvalue weighted by Gasteiger charge is 2.15. The summed E-state index contributed by atoms with van der Waals surface area (Å²) in [6.45, 7) is 0.415. The Balaban J connectivity index is 0.000000561. The molecule has 0 spiro atoms. The monoisotopic (exact) mass is 178 g/mol. The van der Waals surface area contributed by atoms with Crippen molar-refractivity contribution in [1.29, 1.82) is 0 Å². The Labute approximate surface area is 73.1 Å². The molecule has 1 fully saturated rings. The largest absolute Gasteiger partial charge is 0.400 e. The zero-order chi connectivity index (χ0) is 9.40. The second-order valence-electron chi connectivity index (χ2n) is 2.58. The second kappa shape index (κ2) is 7.49. The highest BCUT2D eigenvalue weighted by atomic mass is 16.7. The van der Waals surface area contributed by atoms with Crippen LogP contribution in [0.1, 0.15) is 19.3 Å². The molecule has 2 N–H and O–H groups in total. The third-order valence-corrected chi connectivity index (χ3v) is 1.71. The fourth-order valence-corrected chi connectivity index (χ4v) is 1.09. The van der Waals surface area contributed by atoms with E-state index in [4.69, 9.17) is 19.7 Å². The van der Waals surface area contributed by atoms with E-state index in [1.165, 1.54) is 0 Å². The number of methoxy groups -OCH3 is 1. The van der Waals surface area contributed by atoms with Crippen LogP contribution in [0.25, 0.3) is 0 Å². The summed E-state index contributed by atoms with van der Waals surface area (Å²) in [5.41, 5.74) is 0. The zero-order valence-electron chi connectivity index (χ0n) is 7.69. The molecule has 0 saturated carbocycles. The Morgan fingerprint density at radius 1 is 1.33 bits per heavy atom. The van der Waals surface area contributed by atoms with Gasteiger partial charge in [-0.25, -0.2) is 0 Å². The molecule has 0 radical (unpaired) electrons. The van der Waals surface area contributed by atoms with Gasteiger partial charge in [0.25, 0.3) is 0 Å². The number of ether oxygens (including phenoxy) is 2. The quantitative estimate of drug-likeness (QED) is 0.599. The van der Waals surface area contributed by atoms with Crippen LogP contribution in [0.4, 0.5) is 0 Å². The maximum Gasteiger partial charge on any atom is 0.157 e. The van der Waals surface area contributed by atoms with E-state index in [9.17, 15) is 0 Å². The molecule has 4 nitrogen and oxygen atoms in total. The van der Waals surface area contributed by atoms with E-state index < -0.39 is 0 Å². The average molecular weight is 178 g/mol. The van der Waals surface area contributed by atoms with Gasteiger partial charge < -0.3 is 19.7 Å². The van der Waals surface area contributed by atoms with E-state index in [0.717, 1.165) is 26.4 Å². The normalized spacial score (nSPS) is 30.0. The van der Waals surface area contributed by atoms with Crippen molar-refractivity contribution in [2.75, 3.05) is 20.8 Å². The molecule has 0 amide bonds. The minimum atomic E-state index is -0.292. The minimum Gasteiger partial charge on any atom is -0.400 e. The molecule has 0 aromatic carbocycles. The van der Waals surface area contributed by atoms with Crippen LogP contribution >= 0.6 is 0 Å². The number of hydrogen-bond acceptors (Lipinski definition) is 4. The fourth-order valence-electron chi connectivity index (χ4n) is 1.09. The molecule has 2 atom stereocenters. The van der Waals surface area contributed by atoms with Gasteiger partial charge in [-0.3, -0.25) is 0 Å². The van der Waals surface area contributed by atoms with E-state index in [0.29, 0.717) is 6.61 Å². The van der Waals surface area contributed by atoms with Crippen molar-refractivity contribution in [3.8, 4) is 0 Å². The lowest BCUT2D eigenvalue weighted by atomic mass is 10.2. The van der Waals surface area contributed by atoms with Crippen molar-refractivity contribution in [1.82, 2.24) is 0 Å². The molecule has 1 heterocycles. The predicted molar refractivity (Wildman–Crippen MR) is 44.7 cm³/mol. The van der Waals surface area contributed by atoms with Crippen LogP contribution in [0.15, 0.2) is 0 Å². The van der Waals surface area contributed by atoms with Crippen molar-refractivity contribution >= 4 is 0 Å². The molecule has 74 valence electrons. The summed E-state index contributed by atoms with van der Waals surface area (Å²) < 4.78 is 10.2. The Hall–Kier alpha value is -0.160. The van der Waals surface area contributed by atoms with Crippen LogP contribution in [0.5, 0.6) is 0 Å². The first kappa shape index (κ1) is 11.8. The van der Waals surface area contributed by atoms with Gasteiger partial charge >= 0.3 is 0 Å². The van der Waals surface area contributed by atoms with Crippen LogP contribution < -0.4 is 0 Å². The third kappa shape index (κ3) is 4.66. The first-order chi connectivity index (χ1) is 5.83. The Bertz CT molecular complexity index is 97.1. The molecule has 0 bridgehead atoms. The molecule has 1 aliphatic heterocycles. The van der Waals surface area contributed by atoms with Crippen molar-refractivity contribution in [3.63, 3.8) is 0 Å². The van der Waals surface area contributed by atoms with Crippen LogP contribution in [0, 0.1) is 0 Å². The number of aliphatic hydroxyl groups excluding tert-OH is 2. The highest BCUT2D eigenvalue weighted by Crippen LogP contribution is 2.13. The lowest BCUT2D eigenvalue weighted by Gasteiger charge is -2.12. The summed E-state index contributed by atoms with van der Waals surface area (Å²) in [5, 5.41) is 16.1. The first-order valence-corrected chi connectivity index (χ1v) is 4.10. The summed E-state index contributed by atoms with van der Waals surface area (Å²) >= 11 is 0. The SMILES string of the molecule is CO.COC1CCCC(O)CO1. The van der Waals surface area contributed by atoms with E-state index in [2.05, 4.69) is 0 Å². The average Bonchev–Trinajstić information content (AvgIpc) is 2.33. The highest BCUT2D eigenvalue weighted by molar-refractivity contribution is 4.60. The standard InChI is InChI=1S/C7H14O3.CH4O/c1-9-7-4-2-3-6(8)5-10-7;1-2/h6-8H,2-5H2,1H3;2H,1H3. The topological polar surface area (TPSA) is 58.9 Å². The third-order valence-electron chi connectivity index (χ3n) is 1.71. The van der Waals surface area contributed by atoms with Gasteiger partial charge in [0.05, 0.1) is 12.7 Å². The van der Waals surface area contributed by atoms with Gasteiger partial charge in [0, 0.05) is 14.2 Å². The Morgan fingerprint density at radius 3 is 2.58 bits per heavy atom. The summed E-state index contributed by atoms with van der Waals surface area (Å²) in [5.74, 6) is 0. The molecule has 0 aromatic heterocycles. The smallest absolute Gasteiger partial charge is 0.157 e. The lowest BCUT2D eigenvalue weighted by molar-refractivity contribution is -0.133. The summed E-state index contributed by atoms with van der Waals surface area (Å²) in [6.07, 6.45) is 2.32. The van der Waals surface area contributed by atoms with Gasteiger partial charge in [-0.1, -0.05) is 0 Å². The van der Waals surface area contributed by atoms with E-state index >= 15 is 0 Å². The van der Waals surface area contributed by atoms with Crippen molar-refractivity contribution in [3.05, 3.63) is 0 Å². The minimum absolute atomic E-state index is 0.0999. The summed E-state index contributed by atoms with van der Waals surface area (Å²) in [4.78, 5) is 0. The molecule has 0 aliphatic carbocycles. The number of rotatable bonds is 1. The molecule has 1 rings (SSSR count). The molecule has 1 saturated heterocycles. The summed E-state index contributed by atoms with van der Waals surface area (Å²) in [7, 11) is 2.63. The summed E-state index contributed by atoms with van der Waals surface area (Å²) in [6, 6.07) is 0. The van der Waals surface area contributed by atoms with Crippen molar-refractivity contribution in [2.45, 2.75) is 31.7 Å². The Kier molecular flexibility index (Phi) is 7.39. The van der Waals surface area contributed by atoms with E-state index in [-0.39, 0.29) is 12.4 Å². The molecule has 1 aliphatic rings. The maximum atomic E-state index is 9.12. The molecule has 12 heavy (non-hydrogen) atoms. The zero-order valence-corrected chi connectivity index (χ0v) is 7.69. The van der Waals surface area contributed by atoms with Crippen molar-refractivity contribution < 1.29 is 19.7 Å². The van der Waals surface area contributed by atoms with Gasteiger partial charge in [0.15, 0.2) is 6.29 Å². The maximum absolute atomic E-state index is 9.12. The lowest BCUT2D eigenvalue weighted by Crippen LogP contribution is -2.18. The Morgan fingerprint density at radius 2 is 2.00 bits per heavy atom. The van der Waals surface area contributed by atoms with Crippen molar-refractivity contribution in [2.24, 2.45) is 0 Å². The fraction of sp³-hybridized carbons (Fsp3) is 1.00. The van der Waals surface area contributed by atoms with Gasteiger partial charge in [-0.15, -0.1) is 0 Å². The van der Waals surface area contributed by atoms with Crippen LogP contribution in [0.2, 0.25) is 0 Å². The molecule has 4 heteroatoms. The molecular formula is C8H18O4. The van der Waals surface area contributed by atoms with Crippen LogP contribution in [0.3, 0.4) is 0 Å². The van der Waals surface area contributed by atoms with E-state index in [1.54, 1.807) is 7.11 Å². The van der Waals surface area contributed by atoms with Gasteiger partial charge in [0.2, 0.25) is 0 Å². The molecule has 2 unspecified atom stereocenters. The van der Waals surface area contributed by atoms with Gasteiger partial charge in [-0.05, 0) is 19.3 Å². The van der Waals surface area contributed by atoms with Crippen LogP contribution in [-0.2, 0) is 9.47 Å². The number of hydrogen-bond donors (Lipinski definition) is 2. The predicted octanol–water partition coefficient (Wildman–Crippen LogP) is 0.129. The van der Waals surface area contributed by atoms with Crippen LogP contribution in [-0.4, -0.2) is 43.4 Å². The van der Waals surface area contributed by atoms with E-state index in [1.807, 2.05) is 0 Å². The van der Waals surface area contributed by atoms with Gasteiger partial charge in [0.1, 0.15) is 0 Å². The first-order valence-electron chi connectivity index (χ1n) is 4.10. The molecule has 0 aromatic rings. The molecular weight excluding hydrogens is 160 g/mol.